The second-order valence-electron chi connectivity index (χ2n) is 2.73. The molecule has 0 rings (SSSR count). The molecule has 0 aromatic rings. The lowest BCUT2D eigenvalue weighted by atomic mass is 10.1. The van der Waals surface area contributed by atoms with Crippen LogP contribution in [0.3, 0.4) is 0 Å². The minimum absolute atomic E-state index is 0.0799. The average Bonchev–Trinajstić information content (AvgIpc) is 2.02. The molecule has 0 saturated heterocycles. The lowest BCUT2D eigenvalue weighted by molar-refractivity contribution is -0.0940. The van der Waals surface area contributed by atoms with Crippen molar-refractivity contribution in [3.63, 3.8) is 0 Å². The molecule has 0 saturated carbocycles. The zero-order valence-electron chi connectivity index (χ0n) is 7.99. The van der Waals surface area contributed by atoms with Crippen LogP contribution in [-0.4, -0.2) is 6.18 Å². The van der Waals surface area contributed by atoms with Gasteiger partial charge in [0.25, 0.3) is 0 Å². The number of hydrogen-bond donors (Lipinski definition) is 0. The van der Waals surface area contributed by atoms with Gasteiger partial charge in [0.05, 0.1) is 0 Å². The van der Waals surface area contributed by atoms with E-state index < -0.39 is 11.7 Å². The standard InChI is InChI=1S/C10H15F3/c1-3-5-6-7-8-9(4-2)10(11,12)13/h4-6H,3,7-8H2,1-2H3/b6-5-,9-4+. The first kappa shape index (κ1) is 12.3. The zero-order valence-corrected chi connectivity index (χ0v) is 7.99. The maximum absolute atomic E-state index is 12.1. The fraction of sp³-hybridized carbons (Fsp3) is 0.600. The number of rotatable bonds is 4. The molecule has 0 nitrogen and oxygen atoms in total. The number of hydrogen-bond acceptors (Lipinski definition) is 0. The zero-order chi connectivity index (χ0) is 10.3. The van der Waals surface area contributed by atoms with Gasteiger partial charge in [0, 0.05) is 5.57 Å². The van der Waals surface area contributed by atoms with Crippen molar-refractivity contribution in [1.82, 2.24) is 0 Å². The second-order valence-corrected chi connectivity index (χ2v) is 2.73. The summed E-state index contributed by atoms with van der Waals surface area (Å²) in [5, 5.41) is 0. The predicted octanol–water partition coefficient (Wildman–Crippen LogP) is 4.24. The third kappa shape index (κ3) is 5.50. The van der Waals surface area contributed by atoms with Crippen molar-refractivity contribution >= 4 is 0 Å². The van der Waals surface area contributed by atoms with Crippen LogP contribution in [0.5, 0.6) is 0 Å². The molecular formula is C10H15F3. The van der Waals surface area contributed by atoms with Gasteiger partial charge in [-0.05, 0) is 26.2 Å². The van der Waals surface area contributed by atoms with E-state index in [1.807, 2.05) is 13.0 Å². The lowest BCUT2D eigenvalue weighted by Crippen LogP contribution is -2.11. The van der Waals surface area contributed by atoms with Crippen LogP contribution in [0.4, 0.5) is 13.2 Å². The van der Waals surface area contributed by atoms with E-state index in [0.29, 0.717) is 6.42 Å². The first-order valence-electron chi connectivity index (χ1n) is 4.39. The van der Waals surface area contributed by atoms with Crippen molar-refractivity contribution < 1.29 is 13.2 Å². The summed E-state index contributed by atoms with van der Waals surface area (Å²) in [6, 6.07) is 0. The summed E-state index contributed by atoms with van der Waals surface area (Å²) < 4.78 is 36.4. The van der Waals surface area contributed by atoms with Gasteiger partial charge in [-0.2, -0.15) is 13.2 Å². The van der Waals surface area contributed by atoms with Crippen LogP contribution < -0.4 is 0 Å². The van der Waals surface area contributed by atoms with Gasteiger partial charge in [0.2, 0.25) is 0 Å². The molecule has 13 heavy (non-hydrogen) atoms. The summed E-state index contributed by atoms with van der Waals surface area (Å²) in [7, 11) is 0. The summed E-state index contributed by atoms with van der Waals surface area (Å²) in [5.41, 5.74) is -0.437. The van der Waals surface area contributed by atoms with E-state index in [4.69, 9.17) is 0 Å². The number of alkyl halides is 3. The lowest BCUT2D eigenvalue weighted by Gasteiger charge is -2.09. The molecule has 0 aromatic heterocycles. The highest BCUT2D eigenvalue weighted by Gasteiger charge is 2.31. The molecule has 0 unspecified atom stereocenters. The molecule has 0 amide bonds. The number of allylic oxidation sites excluding steroid dienone is 4. The van der Waals surface area contributed by atoms with E-state index >= 15 is 0 Å². The third-order valence-corrected chi connectivity index (χ3v) is 1.70. The Labute approximate surface area is 77.1 Å². The number of halogens is 3. The summed E-state index contributed by atoms with van der Waals surface area (Å²) in [4.78, 5) is 0. The van der Waals surface area contributed by atoms with Gasteiger partial charge in [-0.3, -0.25) is 0 Å². The molecular weight excluding hydrogens is 177 g/mol. The molecule has 0 fully saturated rings. The van der Waals surface area contributed by atoms with E-state index in [9.17, 15) is 13.2 Å². The second kappa shape index (κ2) is 5.84. The molecule has 0 atom stereocenters. The Morgan fingerprint density at radius 3 is 2.23 bits per heavy atom. The summed E-state index contributed by atoms with van der Waals surface area (Å²) >= 11 is 0. The van der Waals surface area contributed by atoms with Crippen LogP contribution in [0, 0.1) is 0 Å². The van der Waals surface area contributed by atoms with Crippen LogP contribution in [0.2, 0.25) is 0 Å². The van der Waals surface area contributed by atoms with Gasteiger partial charge in [0.1, 0.15) is 0 Å². The van der Waals surface area contributed by atoms with Crippen molar-refractivity contribution in [2.45, 2.75) is 39.3 Å². The van der Waals surface area contributed by atoms with Crippen molar-refractivity contribution in [1.29, 1.82) is 0 Å². The largest absolute Gasteiger partial charge is 0.412 e. The molecule has 76 valence electrons. The van der Waals surface area contributed by atoms with Gasteiger partial charge in [-0.15, -0.1) is 0 Å². The summed E-state index contributed by atoms with van der Waals surface area (Å²) in [6.45, 7) is 3.38. The van der Waals surface area contributed by atoms with Crippen LogP contribution in [0.1, 0.15) is 33.1 Å². The smallest absolute Gasteiger partial charge is 0.166 e. The monoisotopic (exact) mass is 192 g/mol. The Bertz CT molecular complexity index is 187. The fourth-order valence-corrected chi connectivity index (χ4v) is 0.973. The Hall–Kier alpha value is -0.730. The molecule has 0 N–H and O–H groups in total. The normalized spacial score (nSPS) is 14.1. The molecule has 0 aromatic carbocycles. The molecule has 0 bridgehead atoms. The predicted molar refractivity (Wildman–Crippen MR) is 48.5 cm³/mol. The first-order chi connectivity index (χ1) is 6.02. The molecule has 0 heterocycles. The molecule has 0 aliphatic rings. The minimum Gasteiger partial charge on any atom is -0.166 e. The molecule has 0 radical (unpaired) electrons. The van der Waals surface area contributed by atoms with Crippen molar-refractivity contribution in [3.8, 4) is 0 Å². The molecule has 3 heteroatoms. The summed E-state index contributed by atoms with van der Waals surface area (Å²) in [6.07, 6.45) is 2.06. The fourth-order valence-electron chi connectivity index (χ4n) is 0.973. The first-order valence-corrected chi connectivity index (χ1v) is 4.39. The molecule has 0 spiro atoms. The molecule has 0 aliphatic carbocycles. The van der Waals surface area contributed by atoms with E-state index in [-0.39, 0.29) is 6.42 Å². The van der Waals surface area contributed by atoms with E-state index in [2.05, 4.69) is 0 Å². The van der Waals surface area contributed by atoms with E-state index in [1.54, 1.807) is 6.08 Å². The van der Waals surface area contributed by atoms with Crippen molar-refractivity contribution in [3.05, 3.63) is 23.8 Å². The maximum atomic E-state index is 12.1. The third-order valence-electron chi connectivity index (χ3n) is 1.70. The maximum Gasteiger partial charge on any atom is 0.412 e. The van der Waals surface area contributed by atoms with Crippen LogP contribution >= 0.6 is 0 Å². The van der Waals surface area contributed by atoms with Crippen LogP contribution in [0.15, 0.2) is 23.8 Å². The van der Waals surface area contributed by atoms with Crippen LogP contribution in [0.25, 0.3) is 0 Å². The Balaban J connectivity index is 3.96. The Kier molecular flexibility index (Phi) is 5.51. The van der Waals surface area contributed by atoms with Crippen molar-refractivity contribution in [2.24, 2.45) is 0 Å². The van der Waals surface area contributed by atoms with E-state index in [1.165, 1.54) is 6.92 Å². The quantitative estimate of drug-likeness (QED) is 0.584. The Morgan fingerprint density at radius 1 is 1.23 bits per heavy atom. The molecule has 0 aliphatic heterocycles. The average molecular weight is 192 g/mol. The van der Waals surface area contributed by atoms with Gasteiger partial charge in [-0.1, -0.05) is 25.2 Å². The highest BCUT2D eigenvalue weighted by molar-refractivity contribution is 5.08. The van der Waals surface area contributed by atoms with E-state index in [0.717, 1.165) is 12.5 Å². The van der Waals surface area contributed by atoms with Crippen LogP contribution in [-0.2, 0) is 0 Å². The highest BCUT2D eigenvalue weighted by atomic mass is 19.4. The van der Waals surface area contributed by atoms with Gasteiger partial charge < -0.3 is 0 Å². The van der Waals surface area contributed by atoms with Gasteiger partial charge in [-0.25, -0.2) is 0 Å². The van der Waals surface area contributed by atoms with Gasteiger partial charge in [0.15, 0.2) is 0 Å². The highest BCUT2D eigenvalue weighted by Crippen LogP contribution is 2.28. The Morgan fingerprint density at radius 2 is 1.85 bits per heavy atom. The van der Waals surface area contributed by atoms with Crippen molar-refractivity contribution in [2.75, 3.05) is 0 Å². The SMILES string of the molecule is C/C=C(\CC/C=C\CC)C(F)(F)F. The minimum atomic E-state index is -4.16. The van der Waals surface area contributed by atoms with Gasteiger partial charge >= 0.3 is 6.18 Å². The summed E-state index contributed by atoms with van der Waals surface area (Å²) in [5.74, 6) is 0. The topological polar surface area (TPSA) is 0 Å².